The summed E-state index contributed by atoms with van der Waals surface area (Å²) in [6.45, 7) is 1.46. The van der Waals surface area contributed by atoms with E-state index < -0.39 is 29.6 Å². The first-order chi connectivity index (χ1) is 20.2. The fourth-order valence-corrected chi connectivity index (χ4v) is 4.95. The molecular weight excluding hydrogens is 543 g/mol. The predicted molar refractivity (Wildman–Crippen MR) is 145 cm³/mol. The van der Waals surface area contributed by atoms with Crippen LogP contribution in [0.5, 0.6) is 0 Å². The number of furan rings is 2. The molecule has 2 N–H and O–H groups in total. The molecule has 2 aliphatic carbocycles. The Morgan fingerprint density at radius 3 is 1.69 bits per heavy atom. The first-order valence-electron chi connectivity index (χ1n) is 12.9. The number of carbonyl (C=O) groups is 4. The van der Waals surface area contributed by atoms with Crippen LogP contribution in [0.1, 0.15) is 100 Å². The number of halogens is 1. The third-order valence-corrected chi connectivity index (χ3v) is 7.09. The smallest absolute Gasteiger partial charge is 0.229 e. The Kier molecular flexibility index (Phi) is 6.61. The van der Waals surface area contributed by atoms with Crippen LogP contribution in [0.4, 0.5) is 4.39 Å². The number of aliphatic hydroxyl groups excluding tert-OH is 2. The highest BCUT2D eigenvalue weighted by Gasteiger charge is 2.35. The molecule has 5 aromatic rings. The maximum atomic E-state index is 13.2. The topological polar surface area (TPSA) is 135 Å². The van der Waals surface area contributed by atoms with E-state index in [-0.39, 0.29) is 56.9 Å². The molecule has 2 aliphatic rings. The Hall–Kier alpha value is -5.25. The molecule has 2 atom stereocenters. The molecule has 2 unspecified atom stereocenters. The number of ketones is 4. The molecular formula is C33H21FO8. The third-order valence-electron chi connectivity index (χ3n) is 7.09. The van der Waals surface area contributed by atoms with Gasteiger partial charge >= 0.3 is 0 Å². The summed E-state index contributed by atoms with van der Waals surface area (Å²) in [6.07, 6.45) is -1.95. The van der Waals surface area contributed by atoms with Gasteiger partial charge in [0.15, 0.2) is 23.1 Å². The van der Waals surface area contributed by atoms with Crippen LogP contribution in [0.25, 0.3) is 0 Å². The van der Waals surface area contributed by atoms with Crippen LogP contribution >= 0.6 is 0 Å². The fraction of sp³-hybridized carbons (Fsp3) is 0.0909. The quantitative estimate of drug-likeness (QED) is 0.292. The first kappa shape index (κ1) is 26.9. The minimum Gasteiger partial charge on any atom is -0.454 e. The van der Waals surface area contributed by atoms with E-state index in [1.54, 1.807) is 48.5 Å². The van der Waals surface area contributed by atoms with Gasteiger partial charge in [-0.05, 0) is 42.8 Å². The molecule has 0 saturated heterocycles. The van der Waals surface area contributed by atoms with Crippen LogP contribution in [0, 0.1) is 5.82 Å². The lowest BCUT2D eigenvalue weighted by molar-refractivity contribution is 0.0953. The van der Waals surface area contributed by atoms with E-state index in [2.05, 4.69) is 0 Å². The van der Waals surface area contributed by atoms with Crippen LogP contribution in [0.15, 0.2) is 93.8 Å². The number of rotatable bonds is 3. The molecule has 0 spiro atoms. The summed E-state index contributed by atoms with van der Waals surface area (Å²) in [5.41, 5.74) is 1.79. The Balaban J connectivity index is 0.000000153. The van der Waals surface area contributed by atoms with E-state index in [9.17, 15) is 33.8 Å². The van der Waals surface area contributed by atoms with Gasteiger partial charge in [0.05, 0.1) is 11.1 Å². The molecule has 42 heavy (non-hydrogen) atoms. The van der Waals surface area contributed by atoms with Gasteiger partial charge in [0.1, 0.15) is 29.5 Å². The zero-order valence-corrected chi connectivity index (χ0v) is 22.0. The highest BCUT2D eigenvalue weighted by molar-refractivity contribution is 6.28. The van der Waals surface area contributed by atoms with Gasteiger partial charge in [-0.3, -0.25) is 19.2 Å². The van der Waals surface area contributed by atoms with Gasteiger partial charge in [-0.25, -0.2) is 4.39 Å². The molecule has 208 valence electrons. The van der Waals surface area contributed by atoms with Gasteiger partial charge in [0, 0.05) is 22.3 Å². The van der Waals surface area contributed by atoms with Gasteiger partial charge in [-0.2, -0.15) is 0 Å². The van der Waals surface area contributed by atoms with E-state index in [0.29, 0.717) is 16.7 Å². The summed E-state index contributed by atoms with van der Waals surface area (Å²) < 4.78 is 23.9. The average Bonchev–Trinajstić information content (AvgIpc) is 3.66. The van der Waals surface area contributed by atoms with Gasteiger partial charge in [-0.15, -0.1) is 0 Å². The highest BCUT2D eigenvalue weighted by atomic mass is 19.1. The largest absolute Gasteiger partial charge is 0.454 e. The zero-order chi connectivity index (χ0) is 29.7. The van der Waals surface area contributed by atoms with Crippen molar-refractivity contribution in [1.82, 2.24) is 0 Å². The average molecular weight is 565 g/mol. The van der Waals surface area contributed by atoms with E-state index in [1.165, 1.54) is 25.1 Å². The molecule has 0 bridgehead atoms. The number of fused-ring (bicyclic) bond motifs is 4. The second-order valence-corrected chi connectivity index (χ2v) is 9.82. The summed E-state index contributed by atoms with van der Waals surface area (Å²) in [6, 6.07) is 21.8. The summed E-state index contributed by atoms with van der Waals surface area (Å²) in [5, 5.41) is 19.8. The monoisotopic (exact) mass is 564 g/mol. The van der Waals surface area contributed by atoms with Crippen LogP contribution in [0.3, 0.4) is 0 Å². The van der Waals surface area contributed by atoms with Crippen molar-refractivity contribution in [3.63, 3.8) is 0 Å². The van der Waals surface area contributed by atoms with Crippen molar-refractivity contribution in [2.45, 2.75) is 19.1 Å². The lowest BCUT2D eigenvalue weighted by Crippen LogP contribution is -2.19. The van der Waals surface area contributed by atoms with E-state index in [1.807, 2.05) is 6.07 Å². The van der Waals surface area contributed by atoms with E-state index in [4.69, 9.17) is 8.83 Å². The normalized spacial score (nSPS) is 14.7. The SMILES string of the molecule is CC(O)c1cc2c(o1)C(=O)c1cc(F)ccc1C2=O.O=C1c2ccccc2C(=O)c2oc(C(O)c3ccccc3)cc21. The number of carbonyl (C=O) groups excluding carboxylic acids is 4. The molecule has 7 rings (SSSR count). The van der Waals surface area contributed by atoms with Crippen molar-refractivity contribution in [2.75, 3.05) is 0 Å². The van der Waals surface area contributed by atoms with Gasteiger partial charge in [0.25, 0.3) is 0 Å². The third kappa shape index (κ3) is 4.41. The first-order valence-corrected chi connectivity index (χ1v) is 12.9. The van der Waals surface area contributed by atoms with Crippen molar-refractivity contribution in [3.8, 4) is 0 Å². The molecule has 2 heterocycles. The molecule has 8 nitrogen and oxygen atoms in total. The number of hydrogen-bond acceptors (Lipinski definition) is 8. The molecule has 0 radical (unpaired) electrons. The van der Waals surface area contributed by atoms with Crippen LogP contribution < -0.4 is 0 Å². The van der Waals surface area contributed by atoms with Crippen molar-refractivity contribution in [1.29, 1.82) is 0 Å². The lowest BCUT2D eigenvalue weighted by Gasteiger charge is -2.12. The van der Waals surface area contributed by atoms with E-state index >= 15 is 0 Å². The number of aliphatic hydroxyl groups is 2. The predicted octanol–water partition coefficient (Wildman–Crippen LogP) is 5.38. The Morgan fingerprint density at radius 1 is 0.571 bits per heavy atom. The van der Waals surface area contributed by atoms with Crippen LogP contribution in [0.2, 0.25) is 0 Å². The fourth-order valence-electron chi connectivity index (χ4n) is 4.95. The van der Waals surface area contributed by atoms with Crippen molar-refractivity contribution < 1.29 is 42.6 Å². The Morgan fingerprint density at radius 2 is 1.07 bits per heavy atom. The van der Waals surface area contributed by atoms with Crippen molar-refractivity contribution >= 4 is 23.1 Å². The summed E-state index contributed by atoms with van der Waals surface area (Å²) in [4.78, 5) is 49.4. The Labute approximate surface area is 237 Å². The molecule has 0 aliphatic heterocycles. The van der Waals surface area contributed by atoms with Gasteiger partial charge in [0.2, 0.25) is 11.6 Å². The van der Waals surface area contributed by atoms with Crippen LogP contribution in [-0.2, 0) is 0 Å². The standard InChI is InChI=1S/C19H12O4.C14H9FO4/c20-16(11-6-2-1-3-7-11)15-10-14-17(21)12-8-4-5-9-13(12)18(22)19(14)23-15;1-6(16)11-5-10-12(17)8-3-2-7(15)4-9(8)13(18)14(10)19-11/h1-10,16,20H;2-6,16H,1H3. The van der Waals surface area contributed by atoms with E-state index in [0.717, 1.165) is 12.1 Å². The maximum absolute atomic E-state index is 13.2. The lowest BCUT2D eigenvalue weighted by atomic mass is 9.88. The molecule has 0 fully saturated rings. The van der Waals surface area contributed by atoms with Gasteiger partial charge in [-0.1, -0.05) is 54.6 Å². The van der Waals surface area contributed by atoms with Gasteiger partial charge < -0.3 is 19.0 Å². The summed E-state index contributed by atoms with van der Waals surface area (Å²) in [7, 11) is 0. The highest BCUT2D eigenvalue weighted by Crippen LogP contribution is 2.34. The minimum atomic E-state index is -1.02. The van der Waals surface area contributed by atoms with Crippen molar-refractivity contribution in [2.24, 2.45) is 0 Å². The maximum Gasteiger partial charge on any atom is 0.229 e. The Bertz CT molecular complexity index is 1860. The minimum absolute atomic E-state index is 0.00122. The second-order valence-electron chi connectivity index (χ2n) is 9.82. The number of benzene rings is 3. The molecule has 2 aromatic heterocycles. The summed E-state index contributed by atoms with van der Waals surface area (Å²) >= 11 is 0. The zero-order valence-electron chi connectivity index (χ0n) is 22.0. The molecule has 3 aromatic carbocycles. The summed E-state index contributed by atoms with van der Waals surface area (Å²) in [5.74, 6) is -1.94. The second kappa shape index (κ2) is 10.3. The van der Waals surface area contributed by atoms with Crippen molar-refractivity contribution in [3.05, 3.63) is 153 Å². The molecule has 0 saturated carbocycles. The van der Waals surface area contributed by atoms with Crippen LogP contribution in [-0.4, -0.2) is 33.3 Å². The molecule has 0 amide bonds. The molecule has 9 heteroatoms. The number of hydrogen-bond donors (Lipinski definition) is 2.